The minimum absolute atomic E-state index is 0.0465. The molecule has 0 unspecified atom stereocenters. The Balaban J connectivity index is 1.77. The molecule has 29 heavy (non-hydrogen) atoms. The molecule has 2 aromatic rings. The van der Waals surface area contributed by atoms with Crippen LogP contribution in [0.15, 0.2) is 60.7 Å². The third-order valence-electron chi connectivity index (χ3n) is 7.14. The van der Waals surface area contributed by atoms with Crippen molar-refractivity contribution < 1.29 is 8.82 Å². The van der Waals surface area contributed by atoms with E-state index in [4.69, 9.17) is 4.43 Å². The molecule has 2 heterocycles. The highest BCUT2D eigenvalue weighted by Gasteiger charge is 2.56. The number of rotatable bonds is 5. The van der Waals surface area contributed by atoms with Crippen molar-refractivity contribution in [1.29, 1.82) is 0 Å². The van der Waals surface area contributed by atoms with Gasteiger partial charge in [0.15, 0.2) is 0 Å². The van der Waals surface area contributed by atoms with Gasteiger partial charge in [-0.1, -0.05) is 81.4 Å². The first kappa shape index (κ1) is 20.8. The van der Waals surface area contributed by atoms with Gasteiger partial charge < -0.3 is 4.43 Å². The van der Waals surface area contributed by atoms with E-state index < -0.39 is 14.5 Å². The molecule has 0 aliphatic carbocycles. The summed E-state index contributed by atoms with van der Waals surface area (Å²) >= 11 is 0. The van der Waals surface area contributed by atoms with E-state index in [1.165, 1.54) is 10.4 Å². The van der Waals surface area contributed by atoms with Crippen LogP contribution in [-0.4, -0.2) is 44.1 Å². The Morgan fingerprint density at radius 3 is 2.10 bits per heavy atom. The molecule has 0 aromatic heterocycles. The molecule has 2 aliphatic heterocycles. The van der Waals surface area contributed by atoms with Gasteiger partial charge >= 0.3 is 0 Å². The molecule has 2 aliphatic rings. The maximum absolute atomic E-state index is 14.5. The normalized spacial score (nSPS) is 27.9. The predicted molar refractivity (Wildman–Crippen MR) is 121 cm³/mol. The van der Waals surface area contributed by atoms with Crippen molar-refractivity contribution in [2.24, 2.45) is 0 Å². The first-order valence-electron chi connectivity index (χ1n) is 10.9. The molecular formula is C25H34FNOSi. The fourth-order valence-corrected chi connectivity index (χ4v) is 10.4. The maximum atomic E-state index is 14.5. The molecule has 0 bridgehead atoms. The van der Waals surface area contributed by atoms with E-state index in [0.29, 0.717) is 25.6 Å². The third-order valence-corrected chi connectivity index (χ3v) is 12.1. The number of fused-ring (bicyclic) bond motifs is 1. The van der Waals surface area contributed by atoms with Crippen LogP contribution in [0, 0.1) is 0 Å². The average molecular weight is 412 g/mol. The number of hydrogen-bond acceptors (Lipinski definition) is 2. The number of alkyl halides is 1. The minimum atomic E-state index is -2.58. The van der Waals surface area contributed by atoms with Crippen LogP contribution >= 0.6 is 0 Å². The first-order chi connectivity index (χ1) is 13.8. The van der Waals surface area contributed by atoms with Crippen LogP contribution in [0.1, 0.15) is 47.0 Å². The molecule has 2 saturated heterocycles. The van der Waals surface area contributed by atoms with Crippen molar-refractivity contribution in [3.63, 3.8) is 0 Å². The average Bonchev–Trinajstić information content (AvgIpc) is 3.18. The van der Waals surface area contributed by atoms with E-state index in [1.807, 2.05) is 0 Å². The molecule has 2 fully saturated rings. The summed E-state index contributed by atoms with van der Waals surface area (Å²) in [7, 11) is -2.58. The Hall–Kier alpha value is -1.49. The molecule has 0 radical (unpaired) electrons. The van der Waals surface area contributed by atoms with Crippen molar-refractivity contribution in [2.75, 3.05) is 13.2 Å². The number of benzene rings is 2. The van der Waals surface area contributed by atoms with Gasteiger partial charge in [0.1, 0.15) is 6.17 Å². The van der Waals surface area contributed by atoms with Crippen LogP contribution in [-0.2, 0) is 4.43 Å². The zero-order valence-electron chi connectivity index (χ0n) is 18.2. The monoisotopic (exact) mass is 411 g/mol. The van der Waals surface area contributed by atoms with Crippen LogP contribution < -0.4 is 10.4 Å². The molecule has 0 amide bonds. The Morgan fingerprint density at radius 1 is 1.03 bits per heavy atom. The van der Waals surface area contributed by atoms with Gasteiger partial charge in [0.05, 0.1) is 6.61 Å². The number of nitrogens with zero attached hydrogens (tertiary/aromatic N) is 1. The molecule has 4 rings (SSSR count). The van der Waals surface area contributed by atoms with Gasteiger partial charge in [-0.2, -0.15) is 0 Å². The van der Waals surface area contributed by atoms with E-state index in [9.17, 15) is 4.39 Å². The van der Waals surface area contributed by atoms with E-state index in [-0.39, 0.29) is 10.6 Å². The van der Waals surface area contributed by atoms with Gasteiger partial charge in [-0.05, 0) is 35.2 Å². The Labute approximate surface area is 176 Å². The summed E-state index contributed by atoms with van der Waals surface area (Å²) in [6.07, 6.45) is 2.04. The van der Waals surface area contributed by atoms with E-state index in [0.717, 1.165) is 12.8 Å². The molecule has 0 saturated carbocycles. The lowest BCUT2D eigenvalue weighted by Gasteiger charge is -2.45. The van der Waals surface area contributed by atoms with E-state index in [2.05, 4.69) is 93.3 Å². The lowest BCUT2D eigenvalue weighted by atomic mass is 9.95. The van der Waals surface area contributed by atoms with Crippen LogP contribution in [0.3, 0.4) is 0 Å². The van der Waals surface area contributed by atoms with Crippen molar-refractivity contribution >= 4 is 18.7 Å². The van der Waals surface area contributed by atoms with Gasteiger partial charge in [0.2, 0.25) is 0 Å². The Morgan fingerprint density at radius 2 is 1.59 bits per heavy atom. The summed E-state index contributed by atoms with van der Waals surface area (Å²) in [5.41, 5.74) is -0.147. The largest absolute Gasteiger partial charge is 0.406 e. The summed E-state index contributed by atoms with van der Waals surface area (Å²) < 4.78 is 21.7. The zero-order valence-corrected chi connectivity index (χ0v) is 19.2. The second kappa shape index (κ2) is 7.64. The highest BCUT2D eigenvalue weighted by atomic mass is 28.4. The first-order valence-corrected chi connectivity index (χ1v) is 12.9. The van der Waals surface area contributed by atoms with Gasteiger partial charge in [-0.25, -0.2) is 4.39 Å². The van der Waals surface area contributed by atoms with Crippen LogP contribution in [0.2, 0.25) is 5.04 Å². The van der Waals surface area contributed by atoms with E-state index >= 15 is 0 Å². The van der Waals surface area contributed by atoms with Crippen LogP contribution in [0.5, 0.6) is 0 Å². The van der Waals surface area contributed by atoms with Crippen molar-refractivity contribution in [3.05, 3.63) is 60.7 Å². The SMILES string of the molecule is C[C@@H]1CC[C@@]2(CO[Si](c3ccccc3)(c3ccccc3)C(C)(C)C)C[C@@H](F)CN12. The van der Waals surface area contributed by atoms with Gasteiger partial charge in [0.25, 0.3) is 8.32 Å². The third kappa shape index (κ3) is 3.49. The fourth-order valence-electron chi connectivity index (χ4n) is 5.75. The van der Waals surface area contributed by atoms with Gasteiger partial charge in [-0.15, -0.1) is 0 Å². The van der Waals surface area contributed by atoms with Crippen LogP contribution in [0.25, 0.3) is 0 Å². The molecule has 2 nitrogen and oxygen atoms in total. The Kier molecular flexibility index (Phi) is 5.47. The summed E-state index contributed by atoms with van der Waals surface area (Å²) in [5, 5.41) is 2.54. The van der Waals surface area contributed by atoms with Gasteiger partial charge in [-0.3, -0.25) is 4.90 Å². The van der Waals surface area contributed by atoms with E-state index in [1.54, 1.807) is 0 Å². The van der Waals surface area contributed by atoms with Crippen molar-refractivity contribution in [2.45, 2.75) is 69.7 Å². The molecule has 3 atom stereocenters. The zero-order chi connectivity index (χ0) is 20.7. The standard InChI is InChI=1S/C25H34FNOSi/c1-20-15-16-25(17-21(26)18-27(20)25)19-28-29(24(2,3)4,22-11-7-5-8-12-22)23-13-9-6-10-14-23/h5-14,20-21H,15-19H2,1-4H3/t20-,21-,25+/m1/s1. The second-order valence-corrected chi connectivity index (χ2v) is 14.3. The highest BCUT2D eigenvalue weighted by molar-refractivity contribution is 6.99. The molecule has 2 aromatic carbocycles. The summed E-state index contributed by atoms with van der Waals surface area (Å²) in [4.78, 5) is 2.40. The van der Waals surface area contributed by atoms with Crippen molar-refractivity contribution in [3.8, 4) is 0 Å². The second-order valence-electron chi connectivity index (χ2n) is 10.0. The summed E-state index contributed by atoms with van der Waals surface area (Å²) in [6, 6.07) is 21.9. The number of hydrogen-bond donors (Lipinski definition) is 0. The molecule has 0 N–H and O–H groups in total. The molecule has 156 valence electrons. The maximum Gasteiger partial charge on any atom is 0.261 e. The quantitative estimate of drug-likeness (QED) is 0.671. The van der Waals surface area contributed by atoms with Gasteiger partial charge in [0, 0.05) is 24.5 Å². The predicted octanol–water partition coefficient (Wildman–Crippen LogP) is 4.53. The smallest absolute Gasteiger partial charge is 0.261 e. The molecule has 4 heteroatoms. The lowest BCUT2D eigenvalue weighted by molar-refractivity contribution is 0.0888. The topological polar surface area (TPSA) is 12.5 Å². The molecular weight excluding hydrogens is 377 g/mol. The summed E-state index contributed by atoms with van der Waals surface area (Å²) in [6.45, 7) is 10.3. The molecule has 0 spiro atoms. The number of halogens is 1. The lowest BCUT2D eigenvalue weighted by Crippen LogP contribution is -2.68. The fraction of sp³-hybridized carbons (Fsp3) is 0.520. The minimum Gasteiger partial charge on any atom is -0.406 e. The Bertz CT molecular complexity index is 782. The van der Waals surface area contributed by atoms with Crippen molar-refractivity contribution in [1.82, 2.24) is 4.90 Å². The highest BCUT2D eigenvalue weighted by Crippen LogP contribution is 2.45. The van der Waals surface area contributed by atoms with Crippen LogP contribution in [0.4, 0.5) is 4.39 Å². The summed E-state index contributed by atoms with van der Waals surface area (Å²) in [5.74, 6) is 0.